The summed E-state index contributed by atoms with van der Waals surface area (Å²) in [6.07, 6.45) is 8.16. The van der Waals surface area contributed by atoms with E-state index in [1.54, 1.807) is 0 Å². The molecule has 1 heteroatoms. The van der Waals surface area contributed by atoms with Gasteiger partial charge in [-0.15, -0.1) is 0 Å². The normalized spacial score (nSPS) is 45.4. The molecule has 16 heavy (non-hydrogen) atoms. The van der Waals surface area contributed by atoms with Crippen molar-refractivity contribution < 1.29 is 5.11 Å². The Kier molecular flexibility index (Phi) is 3.63. The van der Waals surface area contributed by atoms with Crippen molar-refractivity contribution >= 4 is 0 Å². The third-order valence-electron chi connectivity index (χ3n) is 5.82. The number of aliphatic hydroxyl groups is 1. The first-order chi connectivity index (χ1) is 7.59. The lowest BCUT2D eigenvalue weighted by Crippen LogP contribution is -2.38. The average Bonchev–Trinajstić information content (AvgIpc) is 2.57. The van der Waals surface area contributed by atoms with Gasteiger partial charge in [0.25, 0.3) is 0 Å². The van der Waals surface area contributed by atoms with Crippen molar-refractivity contribution in [1.82, 2.24) is 0 Å². The number of hydrogen-bond donors (Lipinski definition) is 1. The molecule has 5 atom stereocenters. The second-order valence-corrected chi connectivity index (χ2v) is 6.66. The first-order valence-electron chi connectivity index (χ1n) is 7.20. The number of rotatable bonds is 3. The van der Waals surface area contributed by atoms with Crippen LogP contribution in [-0.4, -0.2) is 11.7 Å². The summed E-state index contributed by atoms with van der Waals surface area (Å²) in [5, 5.41) is 9.13. The van der Waals surface area contributed by atoms with Crippen molar-refractivity contribution in [1.29, 1.82) is 0 Å². The molecule has 1 N–H and O–H groups in total. The zero-order valence-corrected chi connectivity index (χ0v) is 11.2. The quantitative estimate of drug-likeness (QED) is 0.772. The van der Waals surface area contributed by atoms with Crippen molar-refractivity contribution in [2.75, 3.05) is 6.61 Å². The molecule has 0 unspecified atom stereocenters. The summed E-state index contributed by atoms with van der Waals surface area (Å²) in [7, 11) is 0. The van der Waals surface area contributed by atoms with Gasteiger partial charge in [0.05, 0.1) is 0 Å². The van der Waals surface area contributed by atoms with Crippen LogP contribution >= 0.6 is 0 Å². The SMILES string of the molecule is C[C@@H](CCO)[C@H]1CC[C@H]2[C@@H](C)CCC[C@]12C. The predicted molar refractivity (Wildman–Crippen MR) is 68.2 cm³/mol. The van der Waals surface area contributed by atoms with Gasteiger partial charge < -0.3 is 5.11 Å². The smallest absolute Gasteiger partial charge is 0.0433 e. The Morgan fingerprint density at radius 2 is 2.06 bits per heavy atom. The van der Waals surface area contributed by atoms with Gasteiger partial charge in [-0.2, -0.15) is 0 Å². The van der Waals surface area contributed by atoms with E-state index in [-0.39, 0.29) is 0 Å². The van der Waals surface area contributed by atoms with Crippen molar-refractivity contribution in [3.63, 3.8) is 0 Å². The molecular weight excluding hydrogens is 196 g/mol. The zero-order chi connectivity index (χ0) is 11.8. The Morgan fingerprint density at radius 3 is 2.75 bits per heavy atom. The highest BCUT2D eigenvalue weighted by Crippen LogP contribution is 2.59. The standard InChI is InChI=1S/C15H28O/c1-11-5-4-9-15(3)13(11)6-7-14(15)12(2)8-10-16/h11-14,16H,4-10H2,1-3H3/t11-,12-,13-,14+,15-/m0/s1. The largest absolute Gasteiger partial charge is 0.396 e. The van der Waals surface area contributed by atoms with E-state index >= 15 is 0 Å². The summed E-state index contributed by atoms with van der Waals surface area (Å²) >= 11 is 0. The van der Waals surface area contributed by atoms with Crippen molar-refractivity contribution in [3.8, 4) is 0 Å². The topological polar surface area (TPSA) is 20.2 Å². The average molecular weight is 224 g/mol. The summed E-state index contributed by atoms with van der Waals surface area (Å²) in [5.41, 5.74) is 0.590. The number of aliphatic hydroxyl groups excluding tert-OH is 1. The first kappa shape index (κ1) is 12.4. The fraction of sp³-hybridized carbons (Fsp3) is 1.00. The minimum atomic E-state index is 0.369. The molecule has 0 aromatic heterocycles. The lowest BCUT2D eigenvalue weighted by atomic mass is 9.59. The highest BCUT2D eigenvalue weighted by Gasteiger charge is 2.50. The summed E-state index contributed by atoms with van der Waals surface area (Å²) in [6.45, 7) is 7.72. The van der Waals surface area contributed by atoms with E-state index in [0.29, 0.717) is 17.9 Å². The van der Waals surface area contributed by atoms with E-state index in [2.05, 4.69) is 20.8 Å². The van der Waals surface area contributed by atoms with Gasteiger partial charge in [-0.3, -0.25) is 0 Å². The van der Waals surface area contributed by atoms with E-state index in [0.717, 1.165) is 24.2 Å². The van der Waals surface area contributed by atoms with Crippen LogP contribution in [0.3, 0.4) is 0 Å². The third kappa shape index (κ3) is 1.92. The Hall–Kier alpha value is -0.0400. The molecule has 2 aliphatic rings. The van der Waals surface area contributed by atoms with Crippen molar-refractivity contribution in [3.05, 3.63) is 0 Å². The minimum Gasteiger partial charge on any atom is -0.396 e. The Bertz CT molecular complexity index is 238. The Labute approximate surface area is 101 Å². The van der Waals surface area contributed by atoms with Crippen LogP contribution < -0.4 is 0 Å². The van der Waals surface area contributed by atoms with Gasteiger partial charge in [-0.25, -0.2) is 0 Å². The monoisotopic (exact) mass is 224 g/mol. The summed E-state index contributed by atoms with van der Waals surface area (Å²) in [6, 6.07) is 0. The number of fused-ring (bicyclic) bond motifs is 1. The van der Waals surface area contributed by atoms with E-state index in [9.17, 15) is 0 Å². The van der Waals surface area contributed by atoms with Crippen LogP contribution in [0.5, 0.6) is 0 Å². The maximum Gasteiger partial charge on any atom is 0.0433 e. The van der Waals surface area contributed by atoms with Crippen LogP contribution in [-0.2, 0) is 0 Å². The van der Waals surface area contributed by atoms with Crippen molar-refractivity contribution in [2.24, 2.45) is 29.1 Å². The molecule has 2 aliphatic carbocycles. The van der Waals surface area contributed by atoms with Crippen LogP contribution in [0, 0.1) is 29.1 Å². The molecule has 0 amide bonds. The fourth-order valence-electron chi connectivity index (χ4n) is 4.94. The third-order valence-corrected chi connectivity index (χ3v) is 5.82. The van der Waals surface area contributed by atoms with Gasteiger partial charge in [0.1, 0.15) is 0 Å². The minimum absolute atomic E-state index is 0.369. The zero-order valence-electron chi connectivity index (χ0n) is 11.2. The molecule has 0 heterocycles. The van der Waals surface area contributed by atoms with Crippen molar-refractivity contribution in [2.45, 2.75) is 59.3 Å². The summed E-state index contributed by atoms with van der Waals surface area (Å²) in [5.74, 6) is 3.48. The highest BCUT2D eigenvalue weighted by molar-refractivity contribution is 5.00. The van der Waals surface area contributed by atoms with Crippen LogP contribution in [0.4, 0.5) is 0 Å². The molecule has 0 aliphatic heterocycles. The molecule has 2 saturated carbocycles. The summed E-state index contributed by atoms with van der Waals surface area (Å²) < 4.78 is 0. The molecule has 0 saturated heterocycles. The van der Waals surface area contributed by atoms with E-state index in [1.807, 2.05) is 0 Å². The second kappa shape index (κ2) is 4.68. The maximum absolute atomic E-state index is 9.13. The van der Waals surface area contributed by atoms with E-state index in [1.165, 1.54) is 32.1 Å². The lowest BCUT2D eigenvalue weighted by molar-refractivity contribution is 0.0316. The van der Waals surface area contributed by atoms with Gasteiger partial charge in [0.2, 0.25) is 0 Å². The first-order valence-corrected chi connectivity index (χ1v) is 7.20. The molecule has 1 nitrogen and oxygen atoms in total. The van der Waals surface area contributed by atoms with Gasteiger partial charge in [-0.1, -0.05) is 33.6 Å². The maximum atomic E-state index is 9.13. The summed E-state index contributed by atoms with van der Waals surface area (Å²) in [4.78, 5) is 0. The molecule has 2 rings (SSSR count). The van der Waals surface area contributed by atoms with Gasteiger partial charge in [-0.05, 0) is 54.8 Å². The van der Waals surface area contributed by atoms with E-state index < -0.39 is 0 Å². The molecule has 0 bridgehead atoms. The Morgan fingerprint density at radius 1 is 1.31 bits per heavy atom. The molecule has 0 aromatic carbocycles. The molecule has 94 valence electrons. The molecule has 2 fully saturated rings. The number of hydrogen-bond acceptors (Lipinski definition) is 1. The van der Waals surface area contributed by atoms with E-state index in [4.69, 9.17) is 5.11 Å². The lowest BCUT2D eigenvalue weighted by Gasteiger charge is -2.46. The fourth-order valence-corrected chi connectivity index (χ4v) is 4.94. The molecule has 0 aromatic rings. The predicted octanol–water partition coefficient (Wildman–Crippen LogP) is 3.86. The van der Waals surface area contributed by atoms with Crippen LogP contribution in [0.25, 0.3) is 0 Å². The Balaban J connectivity index is 2.11. The molecule has 0 spiro atoms. The van der Waals surface area contributed by atoms with Gasteiger partial charge in [0.15, 0.2) is 0 Å². The molecule has 0 radical (unpaired) electrons. The van der Waals surface area contributed by atoms with Crippen LogP contribution in [0.2, 0.25) is 0 Å². The van der Waals surface area contributed by atoms with Gasteiger partial charge >= 0.3 is 0 Å². The molecular formula is C15H28O. The van der Waals surface area contributed by atoms with Crippen LogP contribution in [0.1, 0.15) is 59.3 Å². The van der Waals surface area contributed by atoms with Gasteiger partial charge in [0, 0.05) is 6.61 Å². The highest BCUT2D eigenvalue weighted by atomic mass is 16.3. The second-order valence-electron chi connectivity index (χ2n) is 6.66. The van der Waals surface area contributed by atoms with Crippen LogP contribution in [0.15, 0.2) is 0 Å².